The maximum Gasteiger partial charge on any atom is 0.331 e. The van der Waals surface area contributed by atoms with Crippen LogP contribution in [0.25, 0.3) is 21.6 Å². The number of nitrogens with zero attached hydrogens (tertiary/aromatic N) is 5. The van der Waals surface area contributed by atoms with Gasteiger partial charge in [-0.2, -0.15) is 0 Å². The zero-order valence-corrected chi connectivity index (χ0v) is 21.6. The van der Waals surface area contributed by atoms with Crippen LogP contribution < -0.4 is 11.2 Å². The molecule has 6 heterocycles. The number of carbonyl (C=O) groups is 1. The zero-order valence-electron chi connectivity index (χ0n) is 20.0. The Labute approximate surface area is 214 Å². The molecular formula is C24H24ClN5O5S. The number of aryl methyl sites for hydroxylation is 2. The van der Waals surface area contributed by atoms with Gasteiger partial charge >= 0.3 is 5.69 Å². The van der Waals surface area contributed by atoms with Crippen molar-refractivity contribution in [1.82, 2.24) is 23.6 Å². The van der Waals surface area contributed by atoms with Gasteiger partial charge in [-0.15, -0.1) is 11.3 Å². The third-order valence-corrected chi connectivity index (χ3v) is 8.11. The Morgan fingerprint density at radius 2 is 2.00 bits per heavy atom. The van der Waals surface area contributed by atoms with Gasteiger partial charge in [0.05, 0.1) is 34.9 Å². The van der Waals surface area contributed by atoms with Gasteiger partial charge in [0.15, 0.2) is 11.3 Å². The largest absolute Gasteiger partial charge is 0.446 e. The molecule has 6 rings (SSSR count). The number of rotatable bonds is 4. The fourth-order valence-electron chi connectivity index (χ4n) is 5.30. The van der Waals surface area contributed by atoms with Gasteiger partial charge in [0.25, 0.3) is 5.56 Å². The van der Waals surface area contributed by atoms with Crippen molar-refractivity contribution >= 4 is 39.7 Å². The van der Waals surface area contributed by atoms with Crippen molar-refractivity contribution in [1.29, 1.82) is 0 Å². The molecule has 2 aliphatic rings. The van der Waals surface area contributed by atoms with Crippen LogP contribution >= 0.6 is 22.9 Å². The molecule has 2 atom stereocenters. The van der Waals surface area contributed by atoms with Crippen LogP contribution in [0.15, 0.2) is 31.5 Å². The van der Waals surface area contributed by atoms with Crippen LogP contribution in [0.1, 0.15) is 36.1 Å². The van der Waals surface area contributed by atoms with Crippen molar-refractivity contribution in [3.05, 3.63) is 60.7 Å². The molecule has 0 unspecified atom stereocenters. The maximum atomic E-state index is 13.5. The van der Waals surface area contributed by atoms with E-state index in [9.17, 15) is 14.4 Å². The number of fused-ring (bicyclic) bond motifs is 3. The minimum absolute atomic E-state index is 0.103. The van der Waals surface area contributed by atoms with Crippen molar-refractivity contribution in [2.24, 2.45) is 14.1 Å². The first-order chi connectivity index (χ1) is 17.2. The number of halogens is 1. The average Bonchev–Trinajstić information content (AvgIpc) is 3.63. The van der Waals surface area contributed by atoms with E-state index in [1.807, 2.05) is 21.8 Å². The molecule has 0 N–H and O–H groups in total. The molecule has 0 bridgehead atoms. The number of ether oxygens (including phenoxy) is 1. The predicted molar refractivity (Wildman–Crippen MR) is 135 cm³/mol. The van der Waals surface area contributed by atoms with Crippen molar-refractivity contribution in [2.75, 3.05) is 13.1 Å². The lowest BCUT2D eigenvalue weighted by molar-refractivity contribution is -0.131. The van der Waals surface area contributed by atoms with Crippen molar-refractivity contribution in [2.45, 2.75) is 38.5 Å². The van der Waals surface area contributed by atoms with Gasteiger partial charge in [0, 0.05) is 44.7 Å². The van der Waals surface area contributed by atoms with Gasteiger partial charge in [0.1, 0.15) is 10.8 Å². The topological polar surface area (TPSA) is 105 Å². The van der Waals surface area contributed by atoms with E-state index in [4.69, 9.17) is 20.8 Å². The fraction of sp³-hybridized carbons (Fsp3) is 0.417. The van der Waals surface area contributed by atoms with E-state index in [2.05, 4.69) is 4.98 Å². The second-order valence-corrected chi connectivity index (χ2v) is 10.5. The number of hydrogen-bond donors (Lipinski definition) is 0. The normalized spacial score (nSPS) is 20.0. The monoisotopic (exact) mass is 529 g/mol. The maximum absolute atomic E-state index is 13.5. The number of aromatic nitrogens is 4. The summed E-state index contributed by atoms with van der Waals surface area (Å²) in [5, 5.41) is 3.20. The lowest BCUT2D eigenvalue weighted by Gasteiger charge is -2.34. The third kappa shape index (κ3) is 3.48. The number of carbonyl (C=O) groups excluding carboxylic acids is 1. The van der Waals surface area contributed by atoms with Crippen molar-refractivity contribution in [3.63, 3.8) is 0 Å². The van der Waals surface area contributed by atoms with Crippen molar-refractivity contribution in [3.8, 4) is 10.7 Å². The summed E-state index contributed by atoms with van der Waals surface area (Å²) in [4.78, 5) is 45.4. The summed E-state index contributed by atoms with van der Waals surface area (Å²) >= 11 is 7.56. The van der Waals surface area contributed by atoms with Crippen LogP contribution in [-0.4, -0.2) is 48.7 Å². The molecule has 1 saturated heterocycles. The highest BCUT2D eigenvalue weighted by Crippen LogP contribution is 2.43. The molecule has 0 spiro atoms. The summed E-state index contributed by atoms with van der Waals surface area (Å²) in [6.45, 7) is 3.37. The van der Waals surface area contributed by atoms with E-state index in [0.29, 0.717) is 59.1 Å². The molecule has 36 heavy (non-hydrogen) atoms. The van der Waals surface area contributed by atoms with Gasteiger partial charge in [-0.25, -0.2) is 9.78 Å². The quantitative estimate of drug-likeness (QED) is 0.402. The average molecular weight is 530 g/mol. The first-order valence-corrected chi connectivity index (χ1v) is 12.9. The smallest absolute Gasteiger partial charge is 0.331 e. The number of thiazole rings is 1. The highest BCUT2D eigenvalue weighted by Gasteiger charge is 2.39. The third-order valence-electron chi connectivity index (χ3n) is 6.94. The van der Waals surface area contributed by atoms with Gasteiger partial charge in [-0.3, -0.25) is 18.7 Å². The molecule has 12 heteroatoms. The number of amides is 1. The molecule has 2 aliphatic heterocycles. The molecule has 4 aromatic heterocycles. The van der Waals surface area contributed by atoms with Gasteiger partial charge in [-0.1, -0.05) is 0 Å². The van der Waals surface area contributed by atoms with Gasteiger partial charge in [0.2, 0.25) is 5.91 Å². The van der Waals surface area contributed by atoms with Crippen LogP contribution in [0.2, 0.25) is 5.22 Å². The van der Waals surface area contributed by atoms with E-state index in [1.165, 1.54) is 23.0 Å². The van der Waals surface area contributed by atoms with E-state index in [0.717, 1.165) is 16.7 Å². The van der Waals surface area contributed by atoms with Crippen LogP contribution in [0.5, 0.6) is 0 Å². The highest BCUT2D eigenvalue weighted by molar-refractivity contribution is 7.13. The summed E-state index contributed by atoms with van der Waals surface area (Å²) in [6, 6.07) is 3.36. The fourth-order valence-corrected chi connectivity index (χ4v) is 6.31. The zero-order chi connectivity index (χ0) is 25.3. The summed E-state index contributed by atoms with van der Waals surface area (Å²) < 4.78 is 16.9. The minimum Gasteiger partial charge on any atom is -0.446 e. The highest BCUT2D eigenvalue weighted by atomic mass is 35.5. The van der Waals surface area contributed by atoms with Crippen LogP contribution in [0.4, 0.5) is 0 Å². The molecule has 10 nitrogen and oxygen atoms in total. The molecule has 0 aromatic carbocycles. The summed E-state index contributed by atoms with van der Waals surface area (Å²) in [6.07, 6.45) is 0.230. The molecule has 0 radical (unpaired) electrons. The van der Waals surface area contributed by atoms with Crippen LogP contribution in [0, 0.1) is 6.92 Å². The summed E-state index contributed by atoms with van der Waals surface area (Å²) in [5.74, 6) is 0.555. The van der Waals surface area contributed by atoms with E-state index >= 15 is 0 Å². The Balaban J connectivity index is 1.65. The van der Waals surface area contributed by atoms with Crippen LogP contribution in [0.3, 0.4) is 0 Å². The van der Waals surface area contributed by atoms with Gasteiger partial charge in [-0.05, 0) is 37.1 Å². The number of furan rings is 1. The lowest BCUT2D eigenvalue weighted by atomic mass is 10.1. The Kier molecular flexibility index (Phi) is 5.47. The van der Waals surface area contributed by atoms with Gasteiger partial charge < -0.3 is 18.6 Å². The molecular weight excluding hydrogens is 506 g/mol. The van der Waals surface area contributed by atoms with E-state index in [1.54, 1.807) is 19.2 Å². The Morgan fingerprint density at radius 3 is 2.64 bits per heavy atom. The molecule has 188 valence electrons. The Hall–Kier alpha value is -3.15. The number of likely N-dealkylation sites (tertiary alicyclic amines) is 1. The second kappa shape index (κ2) is 8.46. The van der Waals surface area contributed by atoms with Crippen molar-refractivity contribution < 1.29 is 13.9 Å². The molecule has 1 amide bonds. The summed E-state index contributed by atoms with van der Waals surface area (Å²) in [5.41, 5.74) is 1.72. The first kappa shape index (κ1) is 23.3. The predicted octanol–water partition coefficient (Wildman–Crippen LogP) is 2.83. The Morgan fingerprint density at radius 1 is 1.19 bits per heavy atom. The minimum atomic E-state index is -0.746. The van der Waals surface area contributed by atoms with E-state index < -0.39 is 17.4 Å². The van der Waals surface area contributed by atoms with E-state index in [-0.39, 0.29) is 17.2 Å². The molecule has 4 aromatic rings. The van der Waals surface area contributed by atoms with Crippen LogP contribution in [-0.2, 0) is 30.2 Å². The SMILES string of the molecule is Cc1csc(-c2c3c(=O)n(C)c(=O)n(C)c3c3n2C[C@H](CN2CCCC2=O)O[C@H]3c2ccc(Cl)o2)n1. The first-order valence-electron chi connectivity index (χ1n) is 11.7. The molecule has 1 fully saturated rings. The Bertz CT molecular complexity index is 1640. The number of hydrogen-bond acceptors (Lipinski definition) is 7. The standard InChI is InChI=1S/C24H24ClN5O5S/c1-12-11-36-22(26-12)19-17-18(27(2)24(33)28(3)23(17)32)20-21(14-6-7-15(25)35-14)34-13(10-30(19)20)9-29-8-4-5-16(29)31/h6-7,11,13,21H,4-5,8-10H2,1-3H3/t13-,21-/m0/s1. The molecule has 0 saturated carbocycles. The molecule has 0 aliphatic carbocycles. The summed E-state index contributed by atoms with van der Waals surface area (Å²) in [7, 11) is 3.11. The lowest BCUT2D eigenvalue weighted by Crippen LogP contribution is -2.41. The second-order valence-electron chi connectivity index (χ2n) is 9.29.